The SMILES string of the molecule is CC(=O)Nc1ccn(C(=O)N2CCC3(CCCN3Cc3cc(N4C5CCC4COC5)cc(C(F)(F)F)c3)CC2)n1. The zero-order chi connectivity index (χ0) is 28.1. The molecule has 2 atom stereocenters. The molecular weight excluding hydrogens is 525 g/mol. The fourth-order valence-electron chi connectivity index (χ4n) is 7.09. The summed E-state index contributed by atoms with van der Waals surface area (Å²) in [6.45, 7) is 4.83. The predicted octanol–water partition coefficient (Wildman–Crippen LogP) is 4.33. The van der Waals surface area contributed by atoms with Crippen molar-refractivity contribution in [2.24, 2.45) is 0 Å². The van der Waals surface area contributed by atoms with Crippen molar-refractivity contribution in [1.82, 2.24) is 19.6 Å². The first-order valence-corrected chi connectivity index (χ1v) is 14.1. The minimum atomic E-state index is -4.42. The Hall–Kier alpha value is -3.12. The van der Waals surface area contributed by atoms with Crippen molar-refractivity contribution in [2.75, 3.05) is 43.1 Å². The van der Waals surface area contributed by atoms with Crippen molar-refractivity contribution in [2.45, 2.75) is 75.8 Å². The Morgan fingerprint density at radius 3 is 2.48 bits per heavy atom. The number of piperidine rings is 1. The fraction of sp³-hybridized carbons (Fsp3) is 0.607. The van der Waals surface area contributed by atoms with Crippen LogP contribution in [-0.2, 0) is 22.3 Å². The number of carbonyl (C=O) groups is 2. The quantitative estimate of drug-likeness (QED) is 0.600. The number of benzene rings is 1. The van der Waals surface area contributed by atoms with Crippen molar-refractivity contribution < 1.29 is 27.5 Å². The van der Waals surface area contributed by atoms with Gasteiger partial charge in [-0.25, -0.2) is 4.79 Å². The lowest BCUT2D eigenvalue weighted by molar-refractivity contribution is -0.137. The number of anilines is 2. The van der Waals surface area contributed by atoms with E-state index in [1.54, 1.807) is 11.0 Å². The molecular formula is C28H35F3N6O3. The minimum absolute atomic E-state index is 0.124. The highest BCUT2D eigenvalue weighted by Gasteiger charge is 2.45. The number of alkyl halides is 3. The van der Waals surface area contributed by atoms with Gasteiger partial charge in [-0.3, -0.25) is 9.69 Å². The number of carbonyl (C=O) groups excluding carboxylic acids is 2. The Morgan fingerprint density at radius 2 is 1.80 bits per heavy atom. The number of ether oxygens (including phenoxy) is 1. The van der Waals surface area contributed by atoms with Gasteiger partial charge in [0.2, 0.25) is 5.91 Å². The molecule has 4 aliphatic heterocycles. The molecule has 2 amide bonds. The van der Waals surface area contributed by atoms with E-state index in [4.69, 9.17) is 4.74 Å². The second kappa shape index (κ2) is 10.4. The molecule has 4 fully saturated rings. The summed E-state index contributed by atoms with van der Waals surface area (Å²) in [5.41, 5.74) is 0.580. The van der Waals surface area contributed by atoms with Crippen LogP contribution in [0.5, 0.6) is 0 Å². The highest BCUT2D eigenvalue weighted by Crippen LogP contribution is 2.42. The number of nitrogens with one attached hydrogen (secondary N) is 1. The van der Waals surface area contributed by atoms with E-state index in [0.717, 1.165) is 45.1 Å². The molecule has 2 unspecified atom stereocenters. The third kappa shape index (κ3) is 5.18. The van der Waals surface area contributed by atoms with Gasteiger partial charge >= 0.3 is 12.2 Å². The number of halogens is 3. The zero-order valence-corrected chi connectivity index (χ0v) is 22.6. The van der Waals surface area contributed by atoms with E-state index < -0.39 is 11.7 Å². The van der Waals surface area contributed by atoms with E-state index in [-0.39, 0.29) is 29.6 Å². The van der Waals surface area contributed by atoms with Gasteiger partial charge in [-0.2, -0.15) is 17.9 Å². The molecule has 5 heterocycles. The summed E-state index contributed by atoms with van der Waals surface area (Å²) in [5.74, 6) is 0.0611. The largest absolute Gasteiger partial charge is 0.416 e. The molecule has 0 saturated carbocycles. The van der Waals surface area contributed by atoms with Crippen molar-refractivity contribution in [1.29, 1.82) is 0 Å². The average molecular weight is 561 g/mol. The topological polar surface area (TPSA) is 82.9 Å². The molecule has 4 aliphatic rings. The first-order valence-electron chi connectivity index (χ1n) is 14.1. The molecule has 2 aromatic rings. The minimum Gasteiger partial charge on any atom is -0.377 e. The van der Waals surface area contributed by atoms with Gasteiger partial charge in [-0.15, -0.1) is 5.10 Å². The van der Waals surface area contributed by atoms with Crippen molar-refractivity contribution >= 4 is 23.4 Å². The van der Waals surface area contributed by atoms with E-state index in [2.05, 4.69) is 20.2 Å². The average Bonchev–Trinajstić information content (AvgIpc) is 3.59. The van der Waals surface area contributed by atoms with E-state index in [9.17, 15) is 22.8 Å². The third-order valence-corrected chi connectivity index (χ3v) is 9.01. The van der Waals surface area contributed by atoms with E-state index in [0.29, 0.717) is 49.9 Å². The number of nitrogens with zero attached hydrogens (tertiary/aromatic N) is 5. The fourth-order valence-corrected chi connectivity index (χ4v) is 7.09. The van der Waals surface area contributed by atoms with Crippen LogP contribution in [0.25, 0.3) is 0 Å². The maximum atomic E-state index is 14.0. The van der Waals surface area contributed by atoms with Crippen LogP contribution >= 0.6 is 0 Å². The summed E-state index contributed by atoms with van der Waals surface area (Å²) in [4.78, 5) is 30.5. The first-order chi connectivity index (χ1) is 19.1. The summed E-state index contributed by atoms with van der Waals surface area (Å²) in [6.07, 6.45) is 2.43. The molecule has 0 aliphatic carbocycles. The van der Waals surface area contributed by atoms with Crippen LogP contribution in [0.15, 0.2) is 30.5 Å². The highest BCUT2D eigenvalue weighted by molar-refractivity contribution is 5.88. The third-order valence-electron chi connectivity index (χ3n) is 9.01. The monoisotopic (exact) mass is 560 g/mol. The van der Waals surface area contributed by atoms with Gasteiger partial charge < -0.3 is 19.9 Å². The standard InChI is InChI=1S/C28H35F3N6O3/c1-19(38)32-25-5-10-36(33-25)26(39)34-11-7-27(8-12-34)6-2-9-35(27)16-20-13-21(28(29,30)31)15-24(14-20)37-22-3-4-23(37)18-40-17-22/h5,10,13-15,22-23H,2-4,6-9,11-12,16-18H2,1H3,(H,32,33,38). The molecule has 12 heteroatoms. The van der Waals surface area contributed by atoms with Crippen molar-refractivity contribution in [3.8, 4) is 0 Å². The lowest BCUT2D eigenvalue weighted by Crippen LogP contribution is -2.53. The normalized spacial score (nSPS) is 24.6. The van der Waals surface area contributed by atoms with Crippen LogP contribution in [0.2, 0.25) is 0 Å². The number of likely N-dealkylation sites (tertiary alicyclic amines) is 2. The van der Waals surface area contributed by atoms with Gasteiger partial charge in [-0.05, 0) is 68.8 Å². The van der Waals surface area contributed by atoms with Gasteiger partial charge in [0.05, 0.1) is 30.9 Å². The van der Waals surface area contributed by atoms with E-state index >= 15 is 0 Å². The maximum absolute atomic E-state index is 14.0. The molecule has 2 bridgehead atoms. The smallest absolute Gasteiger partial charge is 0.377 e. The number of morpholine rings is 1. The summed E-state index contributed by atoms with van der Waals surface area (Å²) in [6, 6.07) is 6.13. The number of fused-ring (bicyclic) bond motifs is 2. The summed E-state index contributed by atoms with van der Waals surface area (Å²) >= 11 is 0. The van der Waals surface area contributed by atoms with E-state index in [1.807, 2.05) is 6.07 Å². The van der Waals surface area contributed by atoms with Crippen LogP contribution < -0.4 is 10.2 Å². The molecule has 40 heavy (non-hydrogen) atoms. The first kappa shape index (κ1) is 27.1. The Kier molecular flexibility index (Phi) is 7.02. The molecule has 6 rings (SSSR count). The second-order valence-corrected chi connectivity index (χ2v) is 11.6. The van der Waals surface area contributed by atoms with Crippen LogP contribution in [0, 0.1) is 0 Å². The zero-order valence-electron chi connectivity index (χ0n) is 22.6. The van der Waals surface area contributed by atoms with Crippen LogP contribution in [0.3, 0.4) is 0 Å². The Balaban J connectivity index is 1.17. The summed E-state index contributed by atoms with van der Waals surface area (Å²) in [5, 5.41) is 6.72. The lowest BCUT2D eigenvalue weighted by Gasteiger charge is -2.45. The molecule has 4 saturated heterocycles. The number of hydrogen-bond acceptors (Lipinski definition) is 6. The molecule has 1 aromatic heterocycles. The predicted molar refractivity (Wildman–Crippen MR) is 142 cm³/mol. The molecule has 216 valence electrons. The Bertz CT molecular complexity index is 1260. The highest BCUT2D eigenvalue weighted by atomic mass is 19.4. The Labute approximate surface area is 231 Å². The molecule has 0 radical (unpaired) electrons. The Morgan fingerprint density at radius 1 is 1.07 bits per heavy atom. The number of amides is 2. The van der Waals surface area contributed by atoms with Crippen LogP contribution in [0.1, 0.15) is 56.6 Å². The van der Waals surface area contributed by atoms with Crippen molar-refractivity contribution in [3.05, 3.63) is 41.6 Å². The van der Waals surface area contributed by atoms with Crippen molar-refractivity contribution in [3.63, 3.8) is 0 Å². The molecule has 1 N–H and O–H groups in total. The summed E-state index contributed by atoms with van der Waals surface area (Å²) < 4.78 is 48.9. The van der Waals surface area contributed by atoms with E-state index in [1.165, 1.54) is 29.9 Å². The molecule has 1 spiro atoms. The van der Waals surface area contributed by atoms with Gasteiger partial charge in [0, 0.05) is 50.0 Å². The second-order valence-electron chi connectivity index (χ2n) is 11.6. The molecule has 1 aromatic carbocycles. The van der Waals surface area contributed by atoms with Gasteiger partial charge in [0.1, 0.15) is 0 Å². The summed E-state index contributed by atoms with van der Waals surface area (Å²) in [7, 11) is 0. The number of rotatable bonds is 4. The number of aromatic nitrogens is 2. The lowest BCUT2D eigenvalue weighted by atomic mass is 9.84. The van der Waals surface area contributed by atoms with Gasteiger partial charge in [0.25, 0.3) is 0 Å². The van der Waals surface area contributed by atoms with Gasteiger partial charge in [-0.1, -0.05) is 0 Å². The van der Waals surface area contributed by atoms with Crippen LogP contribution in [0.4, 0.5) is 29.5 Å². The maximum Gasteiger partial charge on any atom is 0.416 e. The molecule has 9 nitrogen and oxygen atoms in total. The number of hydrogen-bond donors (Lipinski definition) is 1. The van der Waals surface area contributed by atoms with Gasteiger partial charge in [0.15, 0.2) is 5.82 Å². The van der Waals surface area contributed by atoms with Crippen LogP contribution in [-0.4, -0.2) is 82.0 Å².